The summed E-state index contributed by atoms with van der Waals surface area (Å²) in [7, 11) is 0. The second-order valence-electron chi connectivity index (χ2n) is 5.15. The molecular formula is C13H26ClN3O. The minimum atomic E-state index is 0. The average molecular weight is 276 g/mol. The molecular weight excluding hydrogens is 250 g/mol. The quantitative estimate of drug-likeness (QED) is 0.789. The van der Waals surface area contributed by atoms with E-state index in [1.54, 1.807) is 0 Å². The van der Waals surface area contributed by atoms with E-state index < -0.39 is 0 Å². The van der Waals surface area contributed by atoms with Crippen molar-refractivity contribution in [2.45, 2.75) is 38.6 Å². The van der Waals surface area contributed by atoms with E-state index in [1.807, 2.05) is 4.90 Å². The summed E-state index contributed by atoms with van der Waals surface area (Å²) in [6.45, 7) is 8.00. The molecule has 1 amide bonds. The summed E-state index contributed by atoms with van der Waals surface area (Å²) >= 11 is 0. The number of carbonyl (C=O) groups is 1. The molecule has 2 fully saturated rings. The lowest BCUT2D eigenvalue weighted by Gasteiger charge is -2.29. The maximum atomic E-state index is 12.0. The van der Waals surface area contributed by atoms with Crippen molar-refractivity contribution in [2.75, 3.05) is 39.3 Å². The molecule has 1 saturated carbocycles. The zero-order valence-electron chi connectivity index (χ0n) is 11.4. The highest BCUT2D eigenvalue weighted by molar-refractivity contribution is 5.85. The molecule has 0 aromatic heterocycles. The molecule has 0 bridgehead atoms. The van der Waals surface area contributed by atoms with Gasteiger partial charge in [0.1, 0.15) is 0 Å². The van der Waals surface area contributed by atoms with Gasteiger partial charge in [-0.05, 0) is 25.8 Å². The number of nitrogens with one attached hydrogen (secondary N) is 1. The monoisotopic (exact) mass is 275 g/mol. The Morgan fingerprint density at radius 2 is 1.94 bits per heavy atom. The molecule has 18 heavy (non-hydrogen) atoms. The summed E-state index contributed by atoms with van der Waals surface area (Å²) in [5.74, 6) is 0.341. The Kier molecular flexibility index (Phi) is 6.97. The van der Waals surface area contributed by atoms with Gasteiger partial charge in [-0.25, -0.2) is 0 Å². The Labute approximate surface area is 116 Å². The first-order valence-corrected chi connectivity index (χ1v) is 7.04. The number of hydrogen-bond acceptors (Lipinski definition) is 3. The first kappa shape index (κ1) is 15.7. The van der Waals surface area contributed by atoms with E-state index in [-0.39, 0.29) is 12.4 Å². The van der Waals surface area contributed by atoms with Crippen molar-refractivity contribution in [1.82, 2.24) is 15.1 Å². The number of rotatable bonds is 6. The molecule has 0 atom stereocenters. The van der Waals surface area contributed by atoms with Crippen LogP contribution in [0.15, 0.2) is 0 Å². The predicted molar refractivity (Wildman–Crippen MR) is 76.2 cm³/mol. The molecule has 1 aliphatic heterocycles. The lowest BCUT2D eigenvalue weighted by molar-refractivity contribution is -0.132. The summed E-state index contributed by atoms with van der Waals surface area (Å²) in [5.41, 5.74) is 0. The molecule has 2 aliphatic rings. The zero-order valence-corrected chi connectivity index (χ0v) is 12.2. The fourth-order valence-corrected chi connectivity index (χ4v) is 2.52. The lowest BCUT2D eigenvalue weighted by Crippen LogP contribution is -2.47. The highest BCUT2D eigenvalue weighted by Crippen LogP contribution is 2.26. The van der Waals surface area contributed by atoms with Crippen LogP contribution in [0.25, 0.3) is 0 Å². The van der Waals surface area contributed by atoms with Gasteiger partial charge in [0.2, 0.25) is 5.91 Å². The van der Waals surface area contributed by atoms with Gasteiger partial charge in [0.05, 0.1) is 0 Å². The Morgan fingerprint density at radius 1 is 1.28 bits per heavy atom. The van der Waals surface area contributed by atoms with Crippen molar-refractivity contribution < 1.29 is 4.79 Å². The molecule has 1 saturated heterocycles. The summed E-state index contributed by atoms with van der Waals surface area (Å²) in [6.07, 6.45) is 4.57. The van der Waals surface area contributed by atoms with Crippen LogP contribution >= 0.6 is 12.4 Å². The first-order chi connectivity index (χ1) is 8.31. The molecule has 5 heteroatoms. The maximum absolute atomic E-state index is 12.0. The Hall–Kier alpha value is -0.320. The molecule has 1 heterocycles. The van der Waals surface area contributed by atoms with E-state index in [1.165, 1.54) is 19.3 Å². The Morgan fingerprint density at radius 3 is 2.50 bits per heavy atom. The van der Waals surface area contributed by atoms with E-state index in [0.717, 1.165) is 45.3 Å². The SMILES string of the molecule is CCCN(CCC(=O)N1CCNCC1)C1CC1.Cl. The first-order valence-electron chi connectivity index (χ1n) is 7.04. The second kappa shape index (κ2) is 7.97. The van der Waals surface area contributed by atoms with Crippen LogP contribution in [0.3, 0.4) is 0 Å². The second-order valence-corrected chi connectivity index (χ2v) is 5.15. The van der Waals surface area contributed by atoms with E-state index in [0.29, 0.717) is 12.3 Å². The molecule has 0 aromatic carbocycles. The van der Waals surface area contributed by atoms with Crippen molar-refractivity contribution in [3.8, 4) is 0 Å². The number of carbonyl (C=O) groups excluding carboxylic acids is 1. The molecule has 1 aliphatic carbocycles. The van der Waals surface area contributed by atoms with Gasteiger partial charge in [0.15, 0.2) is 0 Å². The molecule has 2 rings (SSSR count). The third-order valence-corrected chi connectivity index (χ3v) is 3.66. The molecule has 0 spiro atoms. The van der Waals surface area contributed by atoms with Gasteiger partial charge < -0.3 is 10.2 Å². The summed E-state index contributed by atoms with van der Waals surface area (Å²) in [4.78, 5) is 16.5. The van der Waals surface area contributed by atoms with Crippen LogP contribution in [0.2, 0.25) is 0 Å². The standard InChI is InChI=1S/C13H25N3O.ClH/c1-2-8-15(12-3-4-12)9-5-13(17)16-10-6-14-7-11-16;/h12,14H,2-11H2,1H3;1H. The van der Waals surface area contributed by atoms with Crippen molar-refractivity contribution in [1.29, 1.82) is 0 Å². The summed E-state index contributed by atoms with van der Waals surface area (Å²) < 4.78 is 0. The Balaban J connectivity index is 0.00000162. The number of hydrogen-bond donors (Lipinski definition) is 1. The minimum absolute atomic E-state index is 0. The highest BCUT2D eigenvalue weighted by Gasteiger charge is 2.28. The van der Waals surface area contributed by atoms with Gasteiger partial charge in [-0.1, -0.05) is 6.92 Å². The fourth-order valence-electron chi connectivity index (χ4n) is 2.52. The van der Waals surface area contributed by atoms with Crippen LogP contribution in [0.1, 0.15) is 32.6 Å². The highest BCUT2D eigenvalue weighted by atomic mass is 35.5. The molecule has 1 N–H and O–H groups in total. The molecule has 106 valence electrons. The maximum Gasteiger partial charge on any atom is 0.223 e. The fraction of sp³-hybridized carbons (Fsp3) is 0.923. The topological polar surface area (TPSA) is 35.6 Å². The van der Waals surface area contributed by atoms with Gasteiger partial charge in [0, 0.05) is 45.2 Å². The smallest absolute Gasteiger partial charge is 0.223 e. The average Bonchev–Trinajstić information content (AvgIpc) is 3.19. The van der Waals surface area contributed by atoms with Crippen LogP contribution in [-0.2, 0) is 4.79 Å². The molecule has 0 unspecified atom stereocenters. The normalized spacial score (nSPS) is 19.8. The van der Waals surface area contributed by atoms with Crippen LogP contribution in [0, 0.1) is 0 Å². The molecule has 0 radical (unpaired) electrons. The van der Waals surface area contributed by atoms with Crippen LogP contribution in [0.4, 0.5) is 0 Å². The number of piperazine rings is 1. The van der Waals surface area contributed by atoms with Crippen LogP contribution in [-0.4, -0.2) is 61.0 Å². The van der Waals surface area contributed by atoms with Gasteiger partial charge in [-0.3, -0.25) is 9.69 Å². The van der Waals surface area contributed by atoms with Crippen molar-refractivity contribution in [3.05, 3.63) is 0 Å². The third-order valence-electron chi connectivity index (χ3n) is 3.66. The van der Waals surface area contributed by atoms with Crippen molar-refractivity contribution >= 4 is 18.3 Å². The summed E-state index contributed by atoms with van der Waals surface area (Å²) in [5, 5.41) is 3.28. The van der Waals surface area contributed by atoms with Gasteiger partial charge in [-0.15, -0.1) is 12.4 Å². The van der Waals surface area contributed by atoms with Gasteiger partial charge in [0.25, 0.3) is 0 Å². The minimum Gasteiger partial charge on any atom is -0.340 e. The largest absolute Gasteiger partial charge is 0.340 e. The number of amides is 1. The van der Waals surface area contributed by atoms with Crippen LogP contribution in [0.5, 0.6) is 0 Å². The van der Waals surface area contributed by atoms with Gasteiger partial charge in [-0.2, -0.15) is 0 Å². The van der Waals surface area contributed by atoms with E-state index >= 15 is 0 Å². The van der Waals surface area contributed by atoms with Crippen molar-refractivity contribution in [2.24, 2.45) is 0 Å². The molecule has 0 aromatic rings. The van der Waals surface area contributed by atoms with Crippen molar-refractivity contribution in [3.63, 3.8) is 0 Å². The zero-order chi connectivity index (χ0) is 12.1. The number of halogens is 1. The van der Waals surface area contributed by atoms with Crippen LogP contribution < -0.4 is 5.32 Å². The van der Waals surface area contributed by atoms with Gasteiger partial charge >= 0.3 is 0 Å². The third kappa shape index (κ3) is 4.75. The lowest BCUT2D eigenvalue weighted by atomic mass is 10.2. The number of nitrogens with zero attached hydrogens (tertiary/aromatic N) is 2. The predicted octanol–water partition coefficient (Wildman–Crippen LogP) is 1.10. The Bertz CT molecular complexity index is 253. The van der Waals surface area contributed by atoms with E-state index in [4.69, 9.17) is 0 Å². The van der Waals surface area contributed by atoms with E-state index in [2.05, 4.69) is 17.1 Å². The van der Waals surface area contributed by atoms with E-state index in [9.17, 15) is 4.79 Å². The molecule has 4 nitrogen and oxygen atoms in total. The summed E-state index contributed by atoms with van der Waals surface area (Å²) in [6, 6.07) is 0.783.